The largest absolute Gasteiger partial charge is 0.496 e. The van der Waals surface area contributed by atoms with Crippen LogP contribution in [-0.2, 0) is 46.9 Å². The number of amides is 1. The number of hydrogen-bond acceptors (Lipinski definition) is 9. The summed E-state index contributed by atoms with van der Waals surface area (Å²) in [6.07, 6.45) is 6.38. The minimum Gasteiger partial charge on any atom is -0.496 e. The van der Waals surface area contributed by atoms with Crippen LogP contribution in [0.1, 0.15) is 42.5 Å². The van der Waals surface area contributed by atoms with Crippen LogP contribution in [0, 0.1) is 23.7 Å². The zero-order valence-corrected chi connectivity index (χ0v) is 37.1. The monoisotopic (exact) mass is 872 g/mol. The van der Waals surface area contributed by atoms with E-state index in [-0.39, 0.29) is 23.2 Å². The van der Waals surface area contributed by atoms with Gasteiger partial charge in [-0.2, -0.15) is 0 Å². The van der Waals surface area contributed by atoms with Crippen molar-refractivity contribution >= 4 is 49.4 Å². The van der Waals surface area contributed by atoms with Crippen LogP contribution in [0.25, 0.3) is 6.08 Å². The van der Waals surface area contributed by atoms with Gasteiger partial charge in [-0.1, -0.05) is 74.5 Å². The third kappa shape index (κ3) is 10.7. The van der Waals surface area contributed by atoms with Crippen molar-refractivity contribution in [2.24, 2.45) is 23.7 Å². The summed E-state index contributed by atoms with van der Waals surface area (Å²) in [6.45, 7) is 8.05. The van der Waals surface area contributed by atoms with Gasteiger partial charge in [-0.25, -0.2) is 16.8 Å². The van der Waals surface area contributed by atoms with Gasteiger partial charge in [-0.15, -0.1) is 0 Å². The van der Waals surface area contributed by atoms with Crippen LogP contribution in [-0.4, -0.2) is 91.6 Å². The third-order valence-corrected chi connectivity index (χ3v) is 13.8. The van der Waals surface area contributed by atoms with Gasteiger partial charge in [-0.3, -0.25) is 19.0 Å². The lowest BCUT2D eigenvalue weighted by Crippen LogP contribution is -2.33. The molecular weight excluding hydrogens is 817 g/mol. The average molecular weight is 873 g/mol. The molecule has 61 heavy (non-hydrogen) atoms. The Balaban J connectivity index is 0.000000170. The third-order valence-electron chi connectivity index (χ3n) is 12.6. The maximum atomic E-state index is 12.7. The number of benzene rings is 4. The molecule has 4 aliphatic rings. The first kappa shape index (κ1) is 45.2. The number of carbonyl (C=O) groups is 2. The number of aryl methyl sites for hydroxylation is 1. The summed E-state index contributed by atoms with van der Waals surface area (Å²) >= 11 is 0. The van der Waals surface area contributed by atoms with Gasteiger partial charge in [0, 0.05) is 53.4 Å². The van der Waals surface area contributed by atoms with E-state index in [1.165, 1.54) is 11.8 Å². The molecule has 4 N–H and O–H groups in total. The molecule has 4 aromatic carbocycles. The molecule has 8 rings (SSSR count). The van der Waals surface area contributed by atoms with E-state index in [1.54, 1.807) is 38.5 Å². The first-order valence-corrected chi connectivity index (χ1v) is 24.0. The Kier molecular flexibility index (Phi) is 13.6. The molecule has 1 amide bonds. The second-order valence-corrected chi connectivity index (χ2v) is 20.1. The van der Waals surface area contributed by atoms with Crippen LogP contribution in [0.15, 0.2) is 103 Å². The van der Waals surface area contributed by atoms with Crippen molar-refractivity contribution in [1.29, 1.82) is 0 Å². The molecule has 13 nitrogen and oxygen atoms in total. The first-order valence-electron chi connectivity index (χ1n) is 20.2. The molecule has 326 valence electrons. The number of aliphatic carboxylic acids is 1. The van der Waals surface area contributed by atoms with Gasteiger partial charge in [0.15, 0.2) is 0 Å². The minimum atomic E-state index is -3.31. The SMILES string of the molecule is CC1(c2cccc(NS(C)(=O)=O)c2)C2CNCC21.COc1ccccc1/C=C/C(=O)N1CC2C(C1)C2(C)c1cccc(NS(C)(=O)=O)c1.COc1ccccc1CCC(=O)O. The summed E-state index contributed by atoms with van der Waals surface area (Å²) < 4.78 is 61.1. The quantitative estimate of drug-likeness (QED) is 0.116. The lowest BCUT2D eigenvalue weighted by molar-refractivity contribution is -0.137. The van der Waals surface area contributed by atoms with Gasteiger partial charge in [0.2, 0.25) is 26.0 Å². The van der Waals surface area contributed by atoms with E-state index in [4.69, 9.17) is 14.6 Å². The number of nitrogens with one attached hydrogen (secondary N) is 3. The summed E-state index contributed by atoms with van der Waals surface area (Å²) in [6, 6.07) is 30.4. The number of para-hydroxylation sites is 2. The standard InChI is InChI=1S/C23H26N2O4S.C13H18N2O2S.C10H12O3/c1-23(17-8-6-9-18(13-17)24-30(3,27)28)19-14-25(15-20(19)23)22(26)12-11-16-7-4-5-10-21(16)29-2;1-13(11-7-14-8-12(11)13)9-4-3-5-10(6-9)15-18(2,16)17;1-13-9-5-3-2-4-8(9)6-7-10(11)12/h4-13,19-20,24H,14-15H2,1-3H3;3-6,11-12,14-15H,7-8H2,1-2H3;2-5H,6-7H2,1H3,(H,11,12)/b12-11+;;. The maximum Gasteiger partial charge on any atom is 0.303 e. The molecule has 0 radical (unpaired) electrons. The van der Waals surface area contributed by atoms with Crippen molar-refractivity contribution in [1.82, 2.24) is 10.2 Å². The lowest BCUT2D eigenvalue weighted by Gasteiger charge is -2.24. The number of piperidine rings is 2. The number of nitrogens with zero attached hydrogens (tertiary/aromatic N) is 1. The highest BCUT2D eigenvalue weighted by Gasteiger charge is 2.66. The molecule has 2 aliphatic heterocycles. The fraction of sp³-hybridized carbons (Fsp3) is 0.391. The number of sulfonamides is 2. The number of ether oxygens (including phenoxy) is 2. The van der Waals surface area contributed by atoms with Crippen LogP contribution in [0.2, 0.25) is 0 Å². The second-order valence-electron chi connectivity index (χ2n) is 16.6. The summed E-state index contributed by atoms with van der Waals surface area (Å²) in [7, 11) is -3.31. The molecule has 0 spiro atoms. The number of methoxy groups -OCH3 is 2. The predicted molar refractivity (Wildman–Crippen MR) is 239 cm³/mol. The van der Waals surface area contributed by atoms with E-state index < -0.39 is 26.0 Å². The van der Waals surface area contributed by atoms with Crippen LogP contribution in [0.4, 0.5) is 11.4 Å². The smallest absolute Gasteiger partial charge is 0.303 e. The number of carboxylic acid groups (broad SMARTS) is 1. The highest BCUT2D eigenvalue weighted by atomic mass is 32.2. The summed E-state index contributed by atoms with van der Waals surface area (Å²) in [4.78, 5) is 24.9. The molecule has 0 bridgehead atoms. The van der Waals surface area contributed by atoms with Gasteiger partial charge < -0.3 is 24.8 Å². The van der Waals surface area contributed by atoms with Crippen LogP contribution in [0.3, 0.4) is 0 Å². The van der Waals surface area contributed by atoms with Crippen molar-refractivity contribution in [3.05, 3.63) is 125 Å². The molecule has 4 atom stereocenters. The Labute approximate surface area is 359 Å². The van der Waals surface area contributed by atoms with Gasteiger partial charge in [0.05, 0.1) is 26.7 Å². The highest BCUT2D eigenvalue weighted by Crippen LogP contribution is 2.63. The number of rotatable bonds is 13. The molecule has 0 aromatic heterocycles. The number of carbonyl (C=O) groups excluding carboxylic acids is 1. The topological polar surface area (TPSA) is 180 Å². The molecule has 4 aromatic rings. The summed E-state index contributed by atoms with van der Waals surface area (Å²) in [5, 5.41) is 11.9. The maximum absolute atomic E-state index is 12.7. The fourth-order valence-electron chi connectivity index (χ4n) is 9.20. The Morgan fingerprint density at radius 2 is 1.23 bits per heavy atom. The second kappa shape index (κ2) is 18.3. The van der Waals surface area contributed by atoms with E-state index in [1.807, 2.05) is 83.8 Å². The fourth-order valence-corrected chi connectivity index (χ4v) is 10.3. The highest BCUT2D eigenvalue weighted by molar-refractivity contribution is 7.92. The predicted octanol–water partition coefficient (Wildman–Crippen LogP) is 6.00. The number of hydrogen-bond donors (Lipinski definition) is 4. The van der Waals surface area contributed by atoms with Crippen molar-refractivity contribution in [2.45, 2.75) is 37.5 Å². The van der Waals surface area contributed by atoms with Crippen LogP contribution in [0.5, 0.6) is 11.5 Å². The van der Waals surface area contributed by atoms with Gasteiger partial charge in [0.25, 0.3) is 0 Å². The van der Waals surface area contributed by atoms with Crippen molar-refractivity contribution < 1.29 is 41.0 Å². The van der Waals surface area contributed by atoms with Gasteiger partial charge in [0.1, 0.15) is 11.5 Å². The zero-order valence-electron chi connectivity index (χ0n) is 35.4. The van der Waals surface area contributed by atoms with Gasteiger partial charge in [-0.05, 0) is 102 Å². The Morgan fingerprint density at radius 1 is 0.738 bits per heavy atom. The first-order chi connectivity index (χ1) is 28.9. The van der Waals surface area contributed by atoms with Crippen molar-refractivity contribution in [2.75, 3.05) is 62.4 Å². The summed E-state index contributed by atoms with van der Waals surface area (Å²) in [5.41, 5.74) is 5.60. The molecule has 2 heterocycles. The van der Waals surface area contributed by atoms with Crippen molar-refractivity contribution in [3.63, 3.8) is 0 Å². The average Bonchev–Trinajstić information content (AvgIpc) is 3.66. The van der Waals surface area contributed by atoms with Crippen LogP contribution < -0.4 is 24.2 Å². The molecule has 4 unspecified atom stereocenters. The molecule has 2 aliphatic carbocycles. The molecule has 15 heteroatoms. The van der Waals surface area contributed by atoms with E-state index in [0.29, 0.717) is 54.6 Å². The number of anilines is 2. The Hall–Kier alpha value is -5.38. The molecule has 4 fully saturated rings. The van der Waals surface area contributed by atoms with E-state index >= 15 is 0 Å². The van der Waals surface area contributed by atoms with E-state index in [2.05, 4.69) is 34.7 Å². The van der Waals surface area contributed by atoms with E-state index in [0.717, 1.165) is 47.5 Å². The summed E-state index contributed by atoms with van der Waals surface area (Å²) in [5.74, 6) is 2.87. The van der Waals surface area contributed by atoms with E-state index in [9.17, 15) is 26.4 Å². The molecule has 2 saturated carbocycles. The molecular formula is C46H56N4O9S2. The van der Waals surface area contributed by atoms with Crippen LogP contribution >= 0.6 is 0 Å². The molecule has 2 saturated heterocycles. The lowest BCUT2D eigenvalue weighted by atomic mass is 9.92. The Bertz CT molecular complexity index is 2470. The normalized spacial score (nSPS) is 24.5. The van der Waals surface area contributed by atoms with Crippen molar-refractivity contribution in [3.8, 4) is 11.5 Å². The Morgan fingerprint density at radius 3 is 1.74 bits per heavy atom. The zero-order chi connectivity index (χ0) is 44.2. The number of fused-ring (bicyclic) bond motifs is 2. The van der Waals surface area contributed by atoms with Gasteiger partial charge >= 0.3 is 5.97 Å². The number of carboxylic acids is 1. The minimum absolute atomic E-state index is 0.00273. The number of likely N-dealkylation sites (tertiary alicyclic amines) is 1.